The van der Waals surface area contributed by atoms with Gasteiger partial charge in [0.05, 0.1) is 24.1 Å². The number of ether oxygens (including phenoxy) is 1. The fraction of sp³-hybridized carbons (Fsp3) is 0.316. The van der Waals surface area contributed by atoms with Crippen molar-refractivity contribution in [2.75, 3.05) is 11.8 Å². The number of hydrogen-bond donors (Lipinski definition) is 1. The number of carbonyl (C=O) groups excluding carboxylic acids is 1. The van der Waals surface area contributed by atoms with Gasteiger partial charge in [0.2, 0.25) is 10.0 Å². The molecule has 2 aromatic rings. The maximum absolute atomic E-state index is 12.6. The molecule has 1 N–H and O–H groups in total. The Bertz CT molecular complexity index is 820. The van der Waals surface area contributed by atoms with E-state index in [1.165, 1.54) is 7.11 Å². The first-order valence-electron chi connectivity index (χ1n) is 8.18. The fourth-order valence-electron chi connectivity index (χ4n) is 2.64. The molecule has 0 spiro atoms. The normalized spacial score (nSPS) is 11.2. The third-order valence-corrected chi connectivity index (χ3v) is 5.22. The van der Waals surface area contributed by atoms with E-state index in [0.29, 0.717) is 16.8 Å². The largest absolute Gasteiger partial charge is 0.465 e. The minimum Gasteiger partial charge on any atom is -0.465 e. The minimum absolute atomic E-state index is 0.157. The van der Waals surface area contributed by atoms with Crippen LogP contribution in [0.2, 0.25) is 0 Å². The number of aryl methyl sites for hydroxylation is 2. The van der Waals surface area contributed by atoms with E-state index >= 15 is 0 Å². The number of carbonyl (C=O) groups is 1. The predicted octanol–water partition coefficient (Wildman–Crippen LogP) is 3.54. The van der Waals surface area contributed by atoms with Crippen LogP contribution in [0.3, 0.4) is 0 Å². The molecule has 134 valence electrons. The molecule has 0 aliphatic rings. The number of esters is 1. The van der Waals surface area contributed by atoms with Gasteiger partial charge in [0, 0.05) is 0 Å². The summed E-state index contributed by atoms with van der Waals surface area (Å²) in [6, 6.07) is 12.2. The Balaban J connectivity index is 2.22. The summed E-state index contributed by atoms with van der Waals surface area (Å²) in [5.74, 6) is -0.604. The highest BCUT2D eigenvalue weighted by Crippen LogP contribution is 2.24. The number of anilines is 1. The average molecular weight is 361 g/mol. The summed E-state index contributed by atoms with van der Waals surface area (Å²) in [6.07, 6.45) is 1.50. The van der Waals surface area contributed by atoms with E-state index in [0.717, 1.165) is 24.0 Å². The van der Waals surface area contributed by atoms with E-state index in [2.05, 4.69) is 9.46 Å². The number of para-hydroxylation sites is 1. The first-order chi connectivity index (χ1) is 11.9. The van der Waals surface area contributed by atoms with Crippen molar-refractivity contribution in [3.63, 3.8) is 0 Å². The van der Waals surface area contributed by atoms with Crippen molar-refractivity contribution in [3.05, 3.63) is 64.7 Å². The summed E-state index contributed by atoms with van der Waals surface area (Å²) in [5.41, 5.74) is 3.62. The molecule has 0 aliphatic heterocycles. The zero-order valence-electron chi connectivity index (χ0n) is 14.7. The molecule has 0 radical (unpaired) electrons. The molecule has 2 aromatic carbocycles. The maximum Gasteiger partial charge on any atom is 0.337 e. The summed E-state index contributed by atoms with van der Waals surface area (Å²) in [5, 5.41) is 0. The van der Waals surface area contributed by atoms with Gasteiger partial charge in [-0.1, -0.05) is 44.2 Å². The molecule has 0 unspecified atom stereocenters. The second kappa shape index (κ2) is 8.16. The van der Waals surface area contributed by atoms with E-state index in [-0.39, 0.29) is 5.75 Å². The van der Waals surface area contributed by atoms with Gasteiger partial charge in [0.25, 0.3) is 0 Å². The Morgan fingerprint density at radius 1 is 1.00 bits per heavy atom. The van der Waals surface area contributed by atoms with Gasteiger partial charge in [-0.15, -0.1) is 0 Å². The van der Waals surface area contributed by atoms with Crippen LogP contribution in [0.25, 0.3) is 0 Å². The van der Waals surface area contributed by atoms with Gasteiger partial charge in [-0.25, -0.2) is 13.2 Å². The molecule has 2 rings (SSSR count). The molecule has 0 aliphatic carbocycles. The average Bonchev–Trinajstić information content (AvgIpc) is 2.61. The van der Waals surface area contributed by atoms with E-state index in [1.54, 1.807) is 24.3 Å². The van der Waals surface area contributed by atoms with Crippen LogP contribution in [0.15, 0.2) is 42.5 Å². The first kappa shape index (κ1) is 19.0. The van der Waals surface area contributed by atoms with Crippen molar-refractivity contribution in [2.24, 2.45) is 0 Å². The highest BCUT2D eigenvalue weighted by Gasteiger charge is 2.16. The van der Waals surface area contributed by atoms with Gasteiger partial charge in [0.1, 0.15) is 0 Å². The van der Waals surface area contributed by atoms with Crippen LogP contribution < -0.4 is 4.72 Å². The van der Waals surface area contributed by atoms with E-state index in [1.807, 2.05) is 32.0 Å². The maximum atomic E-state index is 12.6. The Hall–Kier alpha value is -2.34. The molecule has 5 nitrogen and oxygen atoms in total. The standard InChI is InChI=1S/C19H23NO4S/c1-4-15-7-6-8-16(5-2)18(15)20-25(22,23)13-14-9-11-17(12-10-14)19(21)24-3/h6-12,20H,4-5,13H2,1-3H3. The number of rotatable bonds is 7. The molecule has 0 fully saturated rings. The Labute approximate surface area is 149 Å². The van der Waals surface area contributed by atoms with Crippen molar-refractivity contribution in [2.45, 2.75) is 32.4 Å². The fourth-order valence-corrected chi connectivity index (χ4v) is 3.92. The van der Waals surface area contributed by atoms with Crippen LogP contribution in [-0.4, -0.2) is 21.5 Å². The third-order valence-electron chi connectivity index (χ3n) is 3.99. The van der Waals surface area contributed by atoms with Crippen molar-refractivity contribution in [1.82, 2.24) is 0 Å². The Morgan fingerprint density at radius 2 is 1.56 bits per heavy atom. The van der Waals surface area contributed by atoms with Crippen LogP contribution >= 0.6 is 0 Å². The molecular formula is C19H23NO4S. The van der Waals surface area contributed by atoms with Gasteiger partial charge in [-0.05, 0) is 41.7 Å². The van der Waals surface area contributed by atoms with Crippen LogP contribution in [0.5, 0.6) is 0 Å². The molecule has 0 aromatic heterocycles. The van der Waals surface area contributed by atoms with Gasteiger partial charge >= 0.3 is 5.97 Å². The van der Waals surface area contributed by atoms with Crippen LogP contribution in [0.4, 0.5) is 5.69 Å². The topological polar surface area (TPSA) is 72.5 Å². The summed E-state index contributed by atoms with van der Waals surface area (Å²) >= 11 is 0. The van der Waals surface area contributed by atoms with Gasteiger partial charge in [0.15, 0.2) is 0 Å². The van der Waals surface area contributed by atoms with Gasteiger partial charge < -0.3 is 4.74 Å². The van der Waals surface area contributed by atoms with Crippen molar-refractivity contribution in [3.8, 4) is 0 Å². The number of hydrogen-bond acceptors (Lipinski definition) is 4. The SMILES string of the molecule is CCc1cccc(CC)c1NS(=O)(=O)Cc1ccc(C(=O)OC)cc1. The number of benzene rings is 2. The molecule has 6 heteroatoms. The first-order valence-corrected chi connectivity index (χ1v) is 9.84. The van der Waals surface area contributed by atoms with Gasteiger partial charge in [-0.2, -0.15) is 0 Å². The molecule has 25 heavy (non-hydrogen) atoms. The summed E-state index contributed by atoms with van der Waals surface area (Å²) in [7, 11) is -2.25. The van der Waals surface area contributed by atoms with Crippen LogP contribution in [-0.2, 0) is 33.4 Å². The summed E-state index contributed by atoms with van der Waals surface area (Å²) in [4.78, 5) is 11.4. The van der Waals surface area contributed by atoms with Crippen LogP contribution in [0, 0.1) is 0 Å². The molecule has 0 bridgehead atoms. The Morgan fingerprint density at radius 3 is 2.04 bits per heavy atom. The lowest BCUT2D eigenvalue weighted by Gasteiger charge is -2.15. The zero-order valence-corrected chi connectivity index (χ0v) is 15.5. The highest BCUT2D eigenvalue weighted by atomic mass is 32.2. The Kier molecular flexibility index (Phi) is 6.20. The molecule has 0 saturated heterocycles. The minimum atomic E-state index is -3.56. The zero-order chi connectivity index (χ0) is 18.4. The number of methoxy groups -OCH3 is 1. The van der Waals surface area contributed by atoms with Crippen LogP contribution in [0.1, 0.15) is 40.9 Å². The summed E-state index contributed by atoms with van der Waals surface area (Å²) in [6.45, 7) is 4.00. The summed E-state index contributed by atoms with van der Waals surface area (Å²) < 4.78 is 32.5. The van der Waals surface area contributed by atoms with E-state index < -0.39 is 16.0 Å². The van der Waals surface area contributed by atoms with E-state index in [9.17, 15) is 13.2 Å². The predicted molar refractivity (Wildman–Crippen MR) is 99.2 cm³/mol. The third kappa shape index (κ3) is 4.82. The lowest BCUT2D eigenvalue weighted by Crippen LogP contribution is -2.17. The van der Waals surface area contributed by atoms with Gasteiger partial charge in [-0.3, -0.25) is 4.72 Å². The highest BCUT2D eigenvalue weighted by molar-refractivity contribution is 7.91. The monoisotopic (exact) mass is 361 g/mol. The quantitative estimate of drug-likeness (QED) is 0.766. The molecule has 0 amide bonds. The lowest BCUT2D eigenvalue weighted by atomic mass is 10.0. The molecule has 0 saturated carbocycles. The van der Waals surface area contributed by atoms with Crippen molar-refractivity contribution < 1.29 is 17.9 Å². The number of sulfonamides is 1. The van der Waals surface area contributed by atoms with Crippen molar-refractivity contribution >= 4 is 21.7 Å². The molecule has 0 heterocycles. The van der Waals surface area contributed by atoms with E-state index in [4.69, 9.17) is 0 Å². The lowest BCUT2D eigenvalue weighted by molar-refractivity contribution is 0.0600. The molecule has 0 atom stereocenters. The second-order valence-electron chi connectivity index (χ2n) is 5.71. The van der Waals surface area contributed by atoms with Crippen molar-refractivity contribution in [1.29, 1.82) is 0 Å². The molecular weight excluding hydrogens is 338 g/mol. The smallest absolute Gasteiger partial charge is 0.337 e. The number of nitrogens with one attached hydrogen (secondary N) is 1. The second-order valence-corrected chi connectivity index (χ2v) is 7.43.